The minimum atomic E-state index is -3.32. The zero-order valence-corrected chi connectivity index (χ0v) is 13.1. The molecule has 1 heterocycles. The Bertz CT molecular complexity index is 769. The molecule has 1 aromatic heterocycles. The van der Waals surface area contributed by atoms with Gasteiger partial charge in [0.05, 0.1) is 11.5 Å². The number of aryl methyl sites for hydroxylation is 1. The zero-order valence-electron chi connectivity index (χ0n) is 12.3. The maximum absolute atomic E-state index is 12.5. The minimum absolute atomic E-state index is 0.124. The van der Waals surface area contributed by atoms with Crippen molar-refractivity contribution in [2.45, 2.75) is 11.8 Å². The maximum Gasteiger partial charge on any atom is 0.285 e. The Morgan fingerprint density at radius 1 is 1.32 bits per heavy atom. The molecule has 0 N–H and O–H groups in total. The van der Waals surface area contributed by atoms with Gasteiger partial charge >= 0.3 is 0 Å². The van der Waals surface area contributed by atoms with Crippen molar-refractivity contribution in [3.8, 4) is 0 Å². The fourth-order valence-corrected chi connectivity index (χ4v) is 2.33. The van der Waals surface area contributed by atoms with Crippen molar-refractivity contribution in [3.63, 3.8) is 0 Å². The molecule has 9 nitrogen and oxygen atoms in total. The average molecular weight is 325 g/mol. The molecule has 0 radical (unpaired) electrons. The first kappa shape index (κ1) is 16.0. The van der Waals surface area contributed by atoms with E-state index in [-0.39, 0.29) is 23.0 Å². The molecule has 0 bridgehead atoms. The summed E-state index contributed by atoms with van der Waals surface area (Å²) in [6, 6.07) is 5.55. The van der Waals surface area contributed by atoms with E-state index in [1.165, 1.54) is 28.9 Å². The van der Waals surface area contributed by atoms with Crippen molar-refractivity contribution in [3.05, 3.63) is 29.8 Å². The molecule has 118 valence electrons. The van der Waals surface area contributed by atoms with E-state index in [0.29, 0.717) is 0 Å². The van der Waals surface area contributed by atoms with Gasteiger partial charge in [-0.25, -0.2) is 13.1 Å². The third-order valence-electron chi connectivity index (χ3n) is 2.75. The van der Waals surface area contributed by atoms with Gasteiger partial charge in [0.2, 0.25) is 0 Å². The van der Waals surface area contributed by atoms with E-state index in [1.54, 1.807) is 14.0 Å². The summed E-state index contributed by atoms with van der Waals surface area (Å²) in [7, 11) is -1.75. The molecule has 10 heteroatoms. The van der Waals surface area contributed by atoms with Gasteiger partial charge in [0, 0.05) is 18.9 Å². The van der Waals surface area contributed by atoms with Crippen LogP contribution in [0.25, 0.3) is 0 Å². The first-order valence-corrected chi connectivity index (χ1v) is 8.23. The van der Waals surface area contributed by atoms with Crippen LogP contribution in [0.2, 0.25) is 0 Å². The van der Waals surface area contributed by atoms with Gasteiger partial charge in [-0.1, -0.05) is 5.10 Å². The van der Waals surface area contributed by atoms with E-state index >= 15 is 0 Å². The van der Waals surface area contributed by atoms with Crippen LogP contribution in [0.3, 0.4) is 0 Å². The van der Waals surface area contributed by atoms with Crippen LogP contribution < -0.4 is 5.06 Å². The van der Waals surface area contributed by atoms with E-state index in [2.05, 4.69) is 15.5 Å². The molecule has 0 aliphatic heterocycles. The average Bonchev–Trinajstić information content (AvgIpc) is 2.89. The van der Waals surface area contributed by atoms with Crippen molar-refractivity contribution in [1.29, 1.82) is 0 Å². The summed E-state index contributed by atoms with van der Waals surface area (Å²) < 4.78 is 24.2. The number of rotatable bonds is 5. The number of aromatic nitrogens is 4. The Hall–Kier alpha value is -2.33. The summed E-state index contributed by atoms with van der Waals surface area (Å²) in [4.78, 5) is 17.9. The van der Waals surface area contributed by atoms with Crippen molar-refractivity contribution in [2.24, 2.45) is 7.05 Å². The normalized spacial score (nSPS) is 11.4. The highest BCUT2D eigenvalue weighted by molar-refractivity contribution is 7.90. The molecule has 0 saturated carbocycles. The Balaban J connectivity index is 2.34. The molecule has 0 fully saturated rings. The molecular formula is C12H15N5O4S. The van der Waals surface area contributed by atoms with Gasteiger partial charge in [0.1, 0.15) is 0 Å². The summed E-state index contributed by atoms with van der Waals surface area (Å²) in [6.45, 7) is 1.96. The molecule has 1 aromatic carbocycles. The summed E-state index contributed by atoms with van der Waals surface area (Å²) >= 11 is 0. The Morgan fingerprint density at radius 3 is 2.41 bits per heavy atom. The Labute approximate surface area is 127 Å². The van der Waals surface area contributed by atoms with Gasteiger partial charge in [-0.2, -0.15) is 0 Å². The zero-order chi connectivity index (χ0) is 16.3. The first-order chi connectivity index (χ1) is 10.3. The monoisotopic (exact) mass is 325 g/mol. The number of nitrogens with zero attached hydrogens (tertiary/aromatic N) is 5. The number of benzene rings is 1. The van der Waals surface area contributed by atoms with Crippen molar-refractivity contribution < 1.29 is 18.0 Å². The molecule has 2 rings (SSSR count). The predicted octanol–water partition coefficient (Wildman–Crippen LogP) is 0.212. The molecule has 0 aliphatic rings. The number of tetrazole rings is 1. The number of amides is 1. The molecule has 1 amide bonds. The molecule has 0 spiro atoms. The van der Waals surface area contributed by atoms with Gasteiger partial charge in [-0.05, 0) is 41.6 Å². The van der Waals surface area contributed by atoms with Crippen LogP contribution in [0, 0.1) is 0 Å². The molecule has 0 aliphatic carbocycles. The largest absolute Gasteiger partial charge is 0.285 e. The number of hydrogen-bond donors (Lipinski definition) is 0. The molecule has 22 heavy (non-hydrogen) atoms. The van der Waals surface area contributed by atoms with E-state index in [0.717, 1.165) is 11.3 Å². The molecular weight excluding hydrogens is 310 g/mol. The second kappa shape index (κ2) is 6.20. The number of sulfone groups is 1. The lowest BCUT2D eigenvalue weighted by Crippen LogP contribution is -2.33. The lowest BCUT2D eigenvalue weighted by atomic mass is 10.2. The summed E-state index contributed by atoms with van der Waals surface area (Å²) in [6.07, 6.45) is 1.10. The SMILES string of the molecule is CCON(C(=O)c1ccc(S(C)(=O)=O)cc1)c1nnnn1C. The van der Waals surface area contributed by atoms with E-state index in [1.807, 2.05) is 0 Å². The second-order valence-electron chi connectivity index (χ2n) is 4.42. The third kappa shape index (κ3) is 3.28. The quantitative estimate of drug-likeness (QED) is 0.723. The smallest absolute Gasteiger partial charge is 0.266 e. The Kier molecular flexibility index (Phi) is 4.52. The topological polar surface area (TPSA) is 107 Å². The van der Waals surface area contributed by atoms with Crippen molar-refractivity contribution >= 4 is 21.7 Å². The van der Waals surface area contributed by atoms with Gasteiger partial charge in [-0.15, -0.1) is 5.06 Å². The third-order valence-corrected chi connectivity index (χ3v) is 3.88. The van der Waals surface area contributed by atoms with Crippen LogP contribution in [0.5, 0.6) is 0 Å². The minimum Gasteiger partial charge on any atom is -0.266 e. The number of hydroxylamine groups is 1. The second-order valence-corrected chi connectivity index (χ2v) is 6.43. The summed E-state index contributed by atoms with van der Waals surface area (Å²) in [5.41, 5.74) is 0.254. The number of anilines is 1. The fraction of sp³-hybridized carbons (Fsp3) is 0.333. The summed E-state index contributed by atoms with van der Waals surface area (Å²) in [5.74, 6) is -0.376. The predicted molar refractivity (Wildman–Crippen MR) is 76.8 cm³/mol. The molecule has 0 unspecified atom stereocenters. The first-order valence-electron chi connectivity index (χ1n) is 6.34. The van der Waals surface area contributed by atoms with Crippen LogP contribution in [0.15, 0.2) is 29.2 Å². The number of hydrogen-bond acceptors (Lipinski definition) is 7. The van der Waals surface area contributed by atoms with Crippen molar-refractivity contribution in [2.75, 3.05) is 17.9 Å². The Morgan fingerprint density at radius 2 is 1.95 bits per heavy atom. The highest BCUT2D eigenvalue weighted by Crippen LogP contribution is 2.16. The standard InChI is InChI=1S/C12H15N5O4S/c1-4-21-17(12-13-14-15-16(12)2)11(18)9-5-7-10(8-6-9)22(3,19)20/h5-8H,4H2,1-3H3. The van der Waals surface area contributed by atoms with Crippen LogP contribution in [-0.4, -0.2) is 47.4 Å². The van der Waals surface area contributed by atoms with E-state index < -0.39 is 15.7 Å². The van der Waals surface area contributed by atoms with Crippen molar-refractivity contribution in [1.82, 2.24) is 20.2 Å². The van der Waals surface area contributed by atoms with Crippen LogP contribution in [-0.2, 0) is 21.7 Å². The highest BCUT2D eigenvalue weighted by atomic mass is 32.2. The molecule has 2 aromatic rings. The van der Waals surface area contributed by atoms with E-state index in [4.69, 9.17) is 4.84 Å². The maximum atomic E-state index is 12.5. The van der Waals surface area contributed by atoms with Crippen LogP contribution in [0.1, 0.15) is 17.3 Å². The lowest BCUT2D eigenvalue weighted by Gasteiger charge is -2.18. The van der Waals surface area contributed by atoms with Gasteiger partial charge < -0.3 is 0 Å². The van der Waals surface area contributed by atoms with Crippen LogP contribution in [0.4, 0.5) is 5.95 Å². The van der Waals surface area contributed by atoms with Gasteiger partial charge in [0.15, 0.2) is 9.84 Å². The number of carbonyl (C=O) groups is 1. The molecule has 0 atom stereocenters. The van der Waals surface area contributed by atoms with E-state index in [9.17, 15) is 13.2 Å². The van der Waals surface area contributed by atoms with Gasteiger partial charge in [0.25, 0.3) is 11.9 Å². The fourth-order valence-electron chi connectivity index (χ4n) is 1.70. The summed E-state index contributed by atoms with van der Waals surface area (Å²) in [5, 5.41) is 11.8. The highest BCUT2D eigenvalue weighted by Gasteiger charge is 2.23. The lowest BCUT2D eigenvalue weighted by molar-refractivity contribution is 0.0660. The van der Waals surface area contributed by atoms with Crippen LogP contribution >= 0.6 is 0 Å². The number of carbonyl (C=O) groups excluding carboxylic acids is 1. The molecule has 0 saturated heterocycles. The van der Waals surface area contributed by atoms with Gasteiger partial charge in [-0.3, -0.25) is 9.63 Å².